The molecular weight excluding hydrogens is 439 g/mol. The average Bonchev–Trinajstić information content (AvgIpc) is 3.48. The summed E-state index contributed by atoms with van der Waals surface area (Å²) >= 11 is 14.2. The third-order valence-electron chi connectivity index (χ3n) is 5.12. The molecule has 4 rings (SSSR count). The maximum Gasteiger partial charge on any atom is 0.223 e. The summed E-state index contributed by atoms with van der Waals surface area (Å²) in [4.78, 5) is 12.3. The molecule has 0 bridgehead atoms. The van der Waals surface area contributed by atoms with Gasteiger partial charge in [0.15, 0.2) is 11.0 Å². The Kier molecular flexibility index (Phi) is 6.37. The minimum Gasteiger partial charge on any atom is -0.346 e. The molecule has 0 aliphatic heterocycles. The van der Waals surface area contributed by atoms with Gasteiger partial charge in [0.05, 0.1) is 16.8 Å². The van der Waals surface area contributed by atoms with Crippen molar-refractivity contribution in [3.63, 3.8) is 0 Å². The van der Waals surface area contributed by atoms with Crippen LogP contribution < -0.4 is 5.32 Å². The van der Waals surface area contributed by atoms with E-state index in [4.69, 9.17) is 23.2 Å². The summed E-state index contributed by atoms with van der Waals surface area (Å²) in [5.41, 5.74) is 3.20. The SMILES string of the molecule is Cc1ccccc1CSc1nnc(C(C)NC(=O)C2CC2)n1-c1ccc(Cl)cc1Cl. The molecule has 8 heteroatoms. The number of thioether (sulfide) groups is 1. The van der Waals surface area contributed by atoms with Crippen LogP contribution in [0.4, 0.5) is 0 Å². The first kappa shape index (κ1) is 21.2. The van der Waals surface area contributed by atoms with Gasteiger partial charge in [0.25, 0.3) is 0 Å². The van der Waals surface area contributed by atoms with Crippen LogP contribution in [0.25, 0.3) is 5.69 Å². The van der Waals surface area contributed by atoms with Crippen molar-refractivity contribution in [2.75, 3.05) is 0 Å². The van der Waals surface area contributed by atoms with E-state index in [1.807, 2.05) is 29.7 Å². The molecule has 3 aromatic rings. The van der Waals surface area contributed by atoms with Gasteiger partial charge in [-0.1, -0.05) is 59.2 Å². The highest BCUT2D eigenvalue weighted by Gasteiger charge is 2.32. The molecular formula is C22H22Cl2N4OS. The Bertz CT molecular complexity index is 1080. The standard InChI is InChI=1S/C22H22Cl2N4OS/c1-13-5-3-4-6-16(13)12-30-22-27-26-20(14(2)25-21(29)15-7-8-15)28(22)19-10-9-17(23)11-18(19)24/h3-6,9-11,14-15H,7-8,12H2,1-2H3,(H,25,29). The highest BCUT2D eigenvalue weighted by Crippen LogP contribution is 2.34. The first-order valence-corrected chi connectivity index (χ1v) is 11.6. The summed E-state index contributed by atoms with van der Waals surface area (Å²) in [6.07, 6.45) is 1.90. The van der Waals surface area contributed by atoms with Crippen LogP contribution in [0, 0.1) is 12.8 Å². The van der Waals surface area contributed by atoms with E-state index in [-0.39, 0.29) is 17.9 Å². The topological polar surface area (TPSA) is 59.8 Å². The number of benzene rings is 2. The van der Waals surface area contributed by atoms with Crippen molar-refractivity contribution in [1.82, 2.24) is 20.1 Å². The van der Waals surface area contributed by atoms with E-state index in [1.165, 1.54) is 11.1 Å². The third-order valence-corrected chi connectivity index (χ3v) is 6.64. The molecule has 30 heavy (non-hydrogen) atoms. The van der Waals surface area contributed by atoms with Crippen molar-refractivity contribution < 1.29 is 4.79 Å². The number of amides is 1. The Morgan fingerprint density at radius 2 is 2.00 bits per heavy atom. The fourth-order valence-electron chi connectivity index (χ4n) is 3.20. The molecule has 1 saturated carbocycles. The zero-order chi connectivity index (χ0) is 21.3. The van der Waals surface area contributed by atoms with Crippen LogP contribution in [-0.4, -0.2) is 20.7 Å². The van der Waals surface area contributed by atoms with Gasteiger partial charge in [-0.25, -0.2) is 0 Å². The maximum absolute atomic E-state index is 12.3. The minimum atomic E-state index is -0.301. The van der Waals surface area contributed by atoms with Gasteiger partial charge in [-0.3, -0.25) is 9.36 Å². The van der Waals surface area contributed by atoms with Crippen LogP contribution in [0.3, 0.4) is 0 Å². The molecule has 1 aromatic heterocycles. The van der Waals surface area contributed by atoms with E-state index in [1.54, 1.807) is 23.9 Å². The molecule has 1 aliphatic carbocycles. The van der Waals surface area contributed by atoms with Crippen molar-refractivity contribution in [1.29, 1.82) is 0 Å². The van der Waals surface area contributed by atoms with Crippen molar-refractivity contribution in [3.8, 4) is 5.69 Å². The molecule has 1 unspecified atom stereocenters. The van der Waals surface area contributed by atoms with Gasteiger partial charge in [-0.05, 0) is 56.0 Å². The first-order valence-electron chi connectivity index (χ1n) is 9.82. The van der Waals surface area contributed by atoms with Gasteiger partial charge < -0.3 is 5.32 Å². The maximum atomic E-state index is 12.3. The summed E-state index contributed by atoms with van der Waals surface area (Å²) in [7, 11) is 0. The fourth-order valence-corrected chi connectivity index (χ4v) is 4.72. The second kappa shape index (κ2) is 9.00. The molecule has 1 heterocycles. The number of nitrogens with zero attached hydrogens (tertiary/aromatic N) is 3. The molecule has 5 nitrogen and oxygen atoms in total. The number of carbonyl (C=O) groups is 1. The lowest BCUT2D eigenvalue weighted by molar-refractivity contribution is -0.123. The van der Waals surface area contributed by atoms with Gasteiger partial charge in [-0.2, -0.15) is 0 Å². The van der Waals surface area contributed by atoms with E-state index in [9.17, 15) is 4.79 Å². The zero-order valence-electron chi connectivity index (χ0n) is 16.7. The third kappa shape index (κ3) is 4.66. The van der Waals surface area contributed by atoms with Crippen LogP contribution in [-0.2, 0) is 10.5 Å². The van der Waals surface area contributed by atoms with Gasteiger partial charge in [0.1, 0.15) is 0 Å². The van der Waals surface area contributed by atoms with Crippen LogP contribution >= 0.6 is 35.0 Å². The largest absolute Gasteiger partial charge is 0.346 e. The minimum absolute atomic E-state index is 0.0633. The van der Waals surface area contributed by atoms with E-state index in [0.29, 0.717) is 21.0 Å². The van der Waals surface area contributed by atoms with Crippen molar-refractivity contribution >= 4 is 40.9 Å². The normalized spacial score (nSPS) is 14.5. The van der Waals surface area contributed by atoms with E-state index < -0.39 is 0 Å². The average molecular weight is 461 g/mol. The molecule has 2 aromatic carbocycles. The lowest BCUT2D eigenvalue weighted by Gasteiger charge is -2.17. The van der Waals surface area contributed by atoms with Gasteiger partial charge >= 0.3 is 0 Å². The van der Waals surface area contributed by atoms with Crippen molar-refractivity contribution in [2.24, 2.45) is 5.92 Å². The van der Waals surface area contributed by atoms with Gasteiger partial charge in [0, 0.05) is 16.7 Å². The molecule has 1 fully saturated rings. The van der Waals surface area contributed by atoms with Crippen molar-refractivity contribution in [3.05, 3.63) is 69.5 Å². The number of rotatable bonds is 7. The highest BCUT2D eigenvalue weighted by atomic mass is 35.5. The Morgan fingerprint density at radius 1 is 1.23 bits per heavy atom. The quantitative estimate of drug-likeness (QED) is 0.455. The van der Waals surface area contributed by atoms with Crippen LogP contribution in [0.1, 0.15) is 42.8 Å². The Morgan fingerprint density at radius 3 is 2.70 bits per heavy atom. The number of halogens is 2. The Hall–Kier alpha value is -2.02. The van der Waals surface area contributed by atoms with Crippen molar-refractivity contribution in [2.45, 2.75) is 43.6 Å². The number of hydrogen-bond donors (Lipinski definition) is 1. The highest BCUT2D eigenvalue weighted by molar-refractivity contribution is 7.98. The molecule has 156 valence electrons. The fraction of sp³-hybridized carbons (Fsp3) is 0.318. The van der Waals surface area contributed by atoms with E-state index >= 15 is 0 Å². The summed E-state index contributed by atoms with van der Waals surface area (Å²) in [5.74, 6) is 1.57. The molecule has 0 saturated heterocycles. The predicted molar refractivity (Wildman–Crippen MR) is 121 cm³/mol. The predicted octanol–water partition coefficient (Wildman–Crippen LogP) is 5.76. The van der Waals surface area contributed by atoms with Crippen LogP contribution in [0.15, 0.2) is 47.6 Å². The molecule has 0 spiro atoms. The molecule has 1 N–H and O–H groups in total. The monoisotopic (exact) mass is 460 g/mol. The van der Waals surface area contributed by atoms with Crippen LogP contribution in [0.2, 0.25) is 10.0 Å². The number of hydrogen-bond acceptors (Lipinski definition) is 4. The van der Waals surface area contributed by atoms with Crippen LogP contribution in [0.5, 0.6) is 0 Å². The second-order valence-electron chi connectivity index (χ2n) is 7.49. The number of aryl methyl sites for hydroxylation is 1. The molecule has 1 aliphatic rings. The lowest BCUT2D eigenvalue weighted by atomic mass is 10.1. The first-order chi connectivity index (χ1) is 14.4. The molecule has 0 radical (unpaired) electrons. The summed E-state index contributed by atoms with van der Waals surface area (Å²) in [5, 5.41) is 13.7. The number of carbonyl (C=O) groups excluding carboxylic acids is 1. The molecule has 1 atom stereocenters. The van der Waals surface area contributed by atoms with E-state index in [2.05, 4.69) is 34.6 Å². The second-order valence-corrected chi connectivity index (χ2v) is 9.28. The smallest absolute Gasteiger partial charge is 0.223 e. The summed E-state index contributed by atoms with van der Waals surface area (Å²) in [6.45, 7) is 4.01. The van der Waals surface area contributed by atoms with Gasteiger partial charge in [-0.15, -0.1) is 10.2 Å². The summed E-state index contributed by atoms with van der Waals surface area (Å²) in [6, 6.07) is 13.3. The Balaban J connectivity index is 1.67. The molecule has 1 amide bonds. The zero-order valence-corrected chi connectivity index (χ0v) is 19.1. The Labute approximate surface area is 190 Å². The number of aromatic nitrogens is 3. The van der Waals surface area contributed by atoms with E-state index in [0.717, 1.165) is 24.3 Å². The van der Waals surface area contributed by atoms with Gasteiger partial charge in [0.2, 0.25) is 5.91 Å². The summed E-state index contributed by atoms with van der Waals surface area (Å²) < 4.78 is 1.92. The number of nitrogens with one attached hydrogen (secondary N) is 1. The lowest BCUT2D eigenvalue weighted by Crippen LogP contribution is -2.29.